The SMILES string of the molecule is CCCN(CC(=O)OCC)C(C)CN. The predicted octanol–water partition coefficient (Wildman–Crippen LogP) is 0.609. The first-order chi connectivity index (χ1) is 6.65. The molecule has 0 aliphatic carbocycles. The second kappa shape index (κ2) is 7.76. The van der Waals surface area contributed by atoms with Crippen LogP contribution in [0.5, 0.6) is 0 Å². The molecule has 4 nitrogen and oxygen atoms in total. The van der Waals surface area contributed by atoms with Gasteiger partial charge in [-0.15, -0.1) is 0 Å². The highest BCUT2D eigenvalue weighted by molar-refractivity contribution is 5.71. The Morgan fingerprint density at radius 3 is 2.57 bits per heavy atom. The van der Waals surface area contributed by atoms with E-state index in [0.29, 0.717) is 19.7 Å². The van der Waals surface area contributed by atoms with Crippen molar-refractivity contribution >= 4 is 5.97 Å². The third-order valence-corrected chi connectivity index (χ3v) is 2.11. The fourth-order valence-electron chi connectivity index (χ4n) is 1.26. The van der Waals surface area contributed by atoms with E-state index in [1.165, 1.54) is 0 Å². The van der Waals surface area contributed by atoms with Crippen LogP contribution in [0.15, 0.2) is 0 Å². The van der Waals surface area contributed by atoms with E-state index in [2.05, 4.69) is 11.8 Å². The maximum absolute atomic E-state index is 11.2. The molecule has 0 radical (unpaired) electrons. The monoisotopic (exact) mass is 202 g/mol. The Labute approximate surface area is 86.4 Å². The average molecular weight is 202 g/mol. The lowest BCUT2D eigenvalue weighted by molar-refractivity contribution is -0.144. The summed E-state index contributed by atoms with van der Waals surface area (Å²) in [5.74, 6) is -0.166. The van der Waals surface area contributed by atoms with Gasteiger partial charge in [-0.25, -0.2) is 0 Å². The molecule has 1 unspecified atom stereocenters. The minimum Gasteiger partial charge on any atom is -0.465 e. The lowest BCUT2D eigenvalue weighted by atomic mass is 10.2. The summed E-state index contributed by atoms with van der Waals surface area (Å²) < 4.78 is 4.89. The Hall–Kier alpha value is -0.610. The quantitative estimate of drug-likeness (QED) is 0.614. The van der Waals surface area contributed by atoms with E-state index in [1.54, 1.807) is 0 Å². The van der Waals surface area contributed by atoms with Crippen LogP contribution >= 0.6 is 0 Å². The molecule has 0 rings (SSSR count). The molecule has 0 spiro atoms. The Morgan fingerprint density at radius 2 is 2.14 bits per heavy atom. The third-order valence-electron chi connectivity index (χ3n) is 2.11. The minimum atomic E-state index is -0.166. The number of hydrogen-bond acceptors (Lipinski definition) is 4. The van der Waals surface area contributed by atoms with E-state index in [-0.39, 0.29) is 12.0 Å². The fraction of sp³-hybridized carbons (Fsp3) is 0.900. The van der Waals surface area contributed by atoms with Crippen LogP contribution in [-0.4, -0.2) is 43.2 Å². The van der Waals surface area contributed by atoms with E-state index in [4.69, 9.17) is 10.5 Å². The predicted molar refractivity (Wildman–Crippen MR) is 57.0 cm³/mol. The highest BCUT2D eigenvalue weighted by Crippen LogP contribution is 1.99. The molecule has 0 aromatic carbocycles. The van der Waals surface area contributed by atoms with Crippen molar-refractivity contribution in [2.24, 2.45) is 5.73 Å². The minimum absolute atomic E-state index is 0.166. The number of rotatable bonds is 7. The van der Waals surface area contributed by atoms with Crippen LogP contribution in [0.4, 0.5) is 0 Å². The van der Waals surface area contributed by atoms with Gasteiger partial charge in [0.05, 0.1) is 13.2 Å². The zero-order valence-electron chi connectivity index (χ0n) is 9.45. The molecule has 0 aromatic rings. The van der Waals surface area contributed by atoms with Crippen molar-refractivity contribution < 1.29 is 9.53 Å². The highest BCUT2D eigenvalue weighted by atomic mass is 16.5. The number of ether oxygens (including phenoxy) is 1. The van der Waals surface area contributed by atoms with Crippen LogP contribution in [0.1, 0.15) is 27.2 Å². The normalized spacial score (nSPS) is 12.9. The second-order valence-corrected chi connectivity index (χ2v) is 3.36. The molecule has 1 atom stereocenters. The summed E-state index contributed by atoms with van der Waals surface area (Å²) in [5.41, 5.74) is 5.56. The summed E-state index contributed by atoms with van der Waals surface area (Å²) in [6.07, 6.45) is 1.02. The summed E-state index contributed by atoms with van der Waals surface area (Å²) in [7, 11) is 0. The molecule has 84 valence electrons. The van der Waals surface area contributed by atoms with Gasteiger partial charge in [-0.05, 0) is 26.8 Å². The van der Waals surface area contributed by atoms with E-state index < -0.39 is 0 Å². The van der Waals surface area contributed by atoms with Gasteiger partial charge in [-0.2, -0.15) is 0 Å². The van der Waals surface area contributed by atoms with Gasteiger partial charge in [0.2, 0.25) is 0 Å². The first-order valence-electron chi connectivity index (χ1n) is 5.25. The Bertz CT molecular complexity index is 162. The zero-order chi connectivity index (χ0) is 11.0. The molecule has 4 heteroatoms. The van der Waals surface area contributed by atoms with Gasteiger partial charge < -0.3 is 10.5 Å². The van der Waals surface area contributed by atoms with Crippen LogP contribution in [0.25, 0.3) is 0 Å². The highest BCUT2D eigenvalue weighted by Gasteiger charge is 2.15. The zero-order valence-corrected chi connectivity index (χ0v) is 9.45. The summed E-state index contributed by atoms with van der Waals surface area (Å²) in [6.45, 7) is 8.16. The van der Waals surface area contributed by atoms with Gasteiger partial charge >= 0.3 is 5.97 Å². The van der Waals surface area contributed by atoms with Gasteiger partial charge in [0.1, 0.15) is 0 Å². The molecule has 0 heterocycles. The fourth-order valence-corrected chi connectivity index (χ4v) is 1.26. The maximum Gasteiger partial charge on any atom is 0.320 e. The topological polar surface area (TPSA) is 55.6 Å². The first kappa shape index (κ1) is 13.4. The molecule has 2 N–H and O–H groups in total. The number of carbonyl (C=O) groups is 1. The number of hydrogen-bond donors (Lipinski definition) is 1. The van der Waals surface area contributed by atoms with Crippen molar-refractivity contribution in [1.29, 1.82) is 0 Å². The standard InChI is InChI=1S/C10H22N2O2/c1-4-6-12(9(3)7-11)8-10(13)14-5-2/h9H,4-8,11H2,1-3H3. The smallest absolute Gasteiger partial charge is 0.320 e. The Balaban J connectivity index is 4.01. The summed E-state index contributed by atoms with van der Waals surface area (Å²) in [6, 6.07) is 0.236. The van der Waals surface area contributed by atoms with Crippen molar-refractivity contribution in [3.8, 4) is 0 Å². The average Bonchev–Trinajstić information content (AvgIpc) is 2.16. The van der Waals surface area contributed by atoms with Crippen molar-refractivity contribution in [2.45, 2.75) is 33.2 Å². The molecule has 0 aromatic heterocycles. The number of nitrogens with zero attached hydrogens (tertiary/aromatic N) is 1. The van der Waals surface area contributed by atoms with Crippen molar-refractivity contribution in [3.05, 3.63) is 0 Å². The van der Waals surface area contributed by atoms with Gasteiger partial charge in [0, 0.05) is 12.6 Å². The molecule has 0 aliphatic heterocycles. The molecular formula is C10H22N2O2. The van der Waals surface area contributed by atoms with Crippen molar-refractivity contribution in [1.82, 2.24) is 4.90 Å². The largest absolute Gasteiger partial charge is 0.465 e. The van der Waals surface area contributed by atoms with E-state index in [9.17, 15) is 4.79 Å². The van der Waals surface area contributed by atoms with Crippen LogP contribution < -0.4 is 5.73 Å². The van der Waals surface area contributed by atoms with Crippen LogP contribution in [-0.2, 0) is 9.53 Å². The van der Waals surface area contributed by atoms with Crippen molar-refractivity contribution in [2.75, 3.05) is 26.2 Å². The lowest BCUT2D eigenvalue weighted by Crippen LogP contribution is -2.42. The van der Waals surface area contributed by atoms with Gasteiger partial charge in [-0.3, -0.25) is 9.69 Å². The van der Waals surface area contributed by atoms with Crippen molar-refractivity contribution in [3.63, 3.8) is 0 Å². The molecule has 0 fully saturated rings. The van der Waals surface area contributed by atoms with Crippen LogP contribution in [0.3, 0.4) is 0 Å². The molecule has 14 heavy (non-hydrogen) atoms. The number of nitrogens with two attached hydrogens (primary N) is 1. The van der Waals surface area contributed by atoms with Gasteiger partial charge in [0.15, 0.2) is 0 Å². The third kappa shape index (κ3) is 5.19. The Kier molecular flexibility index (Phi) is 7.42. The number of esters is 1. The lowest BCUT2D eigenvalue weighted by Gasteiger charge is -2.26. The maximum atomic E-state index is 11.2. The van der Waals surface area contributed by atoms with E-state index in [0.717, 1.165) is 13.0 Å². The van der Waals surface area contributed by atoms with Gasteiger partial charge in [-0.1, -0.05) is 6.92 Å². The summed E-state index contributed by atoms with van der Waals surface area (Å²) >= 11 is 0. The molecule has 0 amide bonds. The first-order valence-corrected chi connectivity index (χ1v) is 5.25. The van der Waals surface area contributed by atoms with Gasteiger partial charge in [0.25, 0.3) is 0 Å². The van der Waals surface area contributed by atoms with Crippen LogP contribution in [0, 0.1) is 0 Å². The Morgan fingerprint density at radius 1 is 1.50 bits per heavy atom. The molecule has 0 bridgehead atoms. The van der Waals surface area contributed by atoms with E-state index in [1.807, 2.05) is 13.8 Å². The molecule has 0 saturated carbocycles. The van der Waals surface area contributed by atoms with Crippen LogP contribution in [0.2, 0.25) is 0 Å². The second-order valence-electron chi connectivity index (χ2n) is 3.36. The summed E-state index contributed by atoms with van der Waals surface area (Å²) in [4.78, 5) is 13.3. The summed E-state index contributed by atoms with van der Waals surface area (Å²) in [5, 5.41) is 0. The molecule has 0 aliphatic rings. The molecule has 0 saturated heterocycles. The molecular weight excluding hydrogens is 180 g/mol. The van der Waals surface area contributed by atoms with E-state index >= 15 is 0 Å². The number of carbonyl (C=O) groups excluding carboxylic acids is 1.